The number of anilines is 2. The number of Topliss-reactive ketones (excluding diaryl/α,β-unsaturated/α-hetero) is 1. The van der Waals surface area contributed by atoms with Crippen molar-refractivity contribution in [1.82, 2.24) is 0 Å². The van der Waals surface area contributed by atoms with Crippen molar-refractivity contribution in [2.45, 2.75) is 13.1 Å². The Morgan fingerprint density at radius 1 is 1.25 bits per heavy atom. The highest BCUT2D eigenvalue weighted by Gasteiger charge is 2.34. The SMILES string of the molecule is CC(N)=C(C#N)C(=O)CN1CCN(CC(F)(F)F)c2ccccc21. The third-order valence-corrected chi connectivity index (χ3v) is 3.69. The largest absolute Gasteiger partial charge is 0.405 e. The molecule has 0 spiro atoms. The Bertz CT molecular complexity index is 702. The van der Waals surface area contributed by atoms with Crippen molar-refractivity contribution in [3.8, 4) is 6.07 Å². The fourth-order valence-corrected chi connectivity index (χ4v) is 2.65. The predicted molar refractivity (Wildman–Crippen MR) is 84.4 cm³/mol. The normalized spacial score (nSPS) is 15.5. The van der Waals surface area contributed by atoms with Crippen molar-refractivity contribution < 1.29 is 18.0 Å². The van der Waals surface area contributed by atoms with Gasteiger partial charge < -0.3 is 15.5 Å². The molecule has 1 aromatic carbocycles. The molecular formula is C16H17F3N4O. The van der Waals surface area contributed by atoms with Gasteiger partial charge in [-0.2, -0.15) is 18.4 Å². The van der Waals surface area contributed by atoms with Gasteiger partial charge in [0, 0.05) is 18.8 Å². The van der Waals surface area contributed by atoms with Crippen molar-refractivity contribution >= 4 is 17.2 Å². The predicted octanol–water partition coefficient (Wildman–Crippen LogP) is 2.20. The van der Waals surface area contributed by atoms with Crippen LogP contribution in [0.3, 0.4) is 0 Å². The van der Waals surface area contributed by atoms with Crippen LogP contribution >= 0.6 is 0 Å². The van der Waals surface area contributed by atoms with Crippen molar-refractivity contribution in [3.05, 3.63) is 35.5 Å². The van der Waals surface area contributed by atoms with Crippen LogP contribution in [0.4, 0.5) is 24.5 Å². The minimum atomic E-state index is -4.31. The minimum Gasteiger partial charge on any atom is -0.401 e. The number of nitrogens with zero attached hydrogens (tertiary/aromatic N) is 3. The third kappa shape index (κ3) is 3.98. The van der Waals surface area contributed by atoms with Crippen molar-refractivity contribution in [1.29, 1.82) is 5.26 Å². The number of benzene rings is 1. The summed E-state index contributed by atoms with van der Waals surface area (Å²) in [5.41, 5.74) is 6.49. The number of nitriles is 1. The lowest BCUT2D eigenvalue weighted by atomic mass is 10.1. The molecule has 8 heteroatoms. The monoisotopic (exact) mass is 338 g/mol. The number of carbonyl (C=O) groups excluding carboxylic acids is 1. The molecule has 128 valence electrons. The zero-order valence-corrected chi connectivity index (χ0v) is 13.1. The lowest BCUT2D eigenvalue weighted by Gasteiger charge is -2.38. The molecule has 0 radical (unpaired) electrons. The highest BCUT2D eigenvalue weighted by molar-refractivity contribution is 6.02. The second-order valence-corrected chi connectivity index (χ2v) is 5.54. The minimum absolute atomic E-state index is 0.103. The van der Waals surface area contributed by atoms with E-state index in [1.165, 1.54) is 11.8 Å². The molecule has 2 rings (SSSR count). The Hall–Kier alpha value is -2.69. The summed E-state index contributed by atoms with van der Waals surface area (Å²) < 4.78 is 38.1. The summed E-state index contributed by atoms with van der Waals surface area (Å²) >= 11 is 0. The number of carbonyl (C=O) groups is 1. The Kier molecular flexibility index (Phi) is 5.02. The second-order valence-electron chi connectivity index (χ2n) is 5.54. The van der Waals surface area contributed by atoms with E-state index in [-0.39, 0.29) is 30.9 Å². The maximum atomic E-state index is 12.7. The van der Waals surface area contributed by atoms with E-state index in [0.29, 0.717) is 11.4 Å². The topological polar surface area (TPSA) is 73.4 Å². The van der Waals surface area contributed by atoms with Gasteiger partial charge in [-0.05, 0) is 19.1 Å². The van der Waals surface area contributed by atoms with Gasteiger partial charge in [-0.25, -0.2) is 0 Å². The van der Waals surface area contributed by atoms with E-state index in [1.807, 2.05) is 0 Å². The molecule has 2 N–H and O–H groups in total. The Balaban J connectivity index is 2.26. The number of halogens is 3. The number of nitrogens with two attached hydrogens (primary N) is 1. The lowest BCUT2D eigenvalue weighted by Crippen LogP contribution is -2.46. The first-order valence-corrected chi connectivity index (χ1v) is 7.28. The van der Waals surface area contributed by atoms with Gasteiger partial charge in [0.05, 0.1) is 17.9 Å². The molecule has 1 aromatic rings. The molecule has 0 unspecified atom stereocenters. The summed E-state index contributed by atoms with van der Waals surface area (Å²) in [7, 11) is 0. The molecule has 5 nitrogen and oxygen atoms in total. The van der Waals surface area contributed by atoms with E-state index >= 15 is 0 Å². The summed E-state index contributed by atoms with van der Waals surface area (Å²) in [6.45, 7) is 0.704. The number of rotatable bonds is 4. The van der Waals surface area contributed by atoms with E-state index in [2.05, 4.69) is 0 Å². The first-order chi connectivity index (χ1) is 11.2. The van der Waals surface area contributed by atoms with Crippen LogP contribution in [0.2, 0.25) is 0 Å². The molecule has 24 heavy (non-hydrogen) atoms. The fourth-order valence-electron chi connectivity index (χ4n) is 2.65. The fraction of sp³-hybridized carbons (Fsp3) is 0.375. The Labute approximate surface area is 137 Å². The Morgan fingerprint density at radius 2 is 1.79 bits per heavy atom. The molecule has 1 aliphatic rings. The van der Waals surface area contributed by atoms with E-state index in [9.17, 15) is 18.0 Å². The van der Waals surface area contributed by atoms with Gasteiger partial charge in [0.25, 0.3) is 0 Å². The van der Waals surface area contributed by atoms with Gasteiger partial charge in [-0.15, -0.1) is 0 Å². The van der Waals surface area contributed by atoms with Crippen molar-refractivity contribution in [3.63, 3.8) is 0 Å². The van der Waals surface area contributed by atoms with Crippen LogP contribution < -0.4 is 15.5 Å². The van der Waals surface area contributed by atoms with Gasteiger partial charge >= 0.3 is 6.18 Å². The molecule has 0 aromatic heterocycles. The molecule has 0 atom stereocenters. The summed E-state index contributed by atoms with van der Waals surface area (Å²) in [5.74, 6) is -0.448. The quantitative estimate of drug-likeness (QED) is 0.673. The van der Waals surface area contributed by atoms with Gasteiger partial charge in [-0.3, -0.25) is 4.79 Å². The van der Waals surface area contributed by atoms with Crippen LogP contribution in [-0.2, 0) is 4.79 Å². The summed E-state index contributed by atoms with van der Waals surface area (Å²) in [4.78, 5) is 15.1. The summed E-state index contributed by atoms with van der Waals surface area (Å²) in [5, 5.41) is 9.00. The number of alkyl halides is 3. The Morgan fingerprint density at radius 3 is 2.29 bits per heavy atom. The van der Waals surface area contributed by atoms with Gasteiger partial charge in [-0.1, -0.05) is 12.1 Å². The zero-order valence-electron chi connectivity index (χ0n) is 13.1. The van der Waals surface area contributed by atoms with E-state index < -0.39 is 18.5 Å². The maximum absolute atomic E-state index is 12.7. The lowest BCUT2D eigenvalue weighted by molar-refractivity contribution is -0.120. The van der Waals surface area contributed by atoms with E-state index in [4.69, 9.17) is 11.0 Å². The molecule has 0 saturated heterocycles. The molecular weight excluding hydrogens is 321 g/mol. The third-order valence-electron chi connectivity index (χ3n) is 3.69. The molecule has 0 amide bonds. The smallest absolute Gasteiger partial charge is 0.401 e. The number of hydrogen-bond donors (Lipinski definition) is 1. The molecule has 0 bridgehead atoms. The number of fused-ring (bicyclic) bond motifs is 1. The summed E-state index contributed by atoms with van der Waals surface area (Å²) in [6, 6.07) is 8.38. The van der Waals surface area contributed by atoms with Gasteiger partial charge in [0.2, 0.25) is 0 Å². The van der Waals surface area contributed by atoms with Crippen LogP contribution in [0.5, 0.6) is 0 Å². The van der Waals surface area contributed by atoms with Gasteiger partial charge in [0.15, 0.2) is 5.78 Å². The van der Waals surface area contributed by atoms with Crippen molar-refractivity contribution in [2.24, 2.45) is 5.73 Å². The van der Waals surface area contributed by atoms with E-state index in [0.717, 1.165) is 0 Å². The van der Waals surface area contributed by atoms with Crippen LogP contribution in [-0.4, -0.2) is 38.1 Å². The average molecular weight is 338 g/mol. The molecule has 1 heterocycles. The van der Waals surface area contributed by atoms with Crippen LogP contribution in [0.25, 0.3) is 0 Å². The second kappa shape index (κ2) is 6.83. The first kappa shape index (κ1) is 17.7. The van der Waals surface area contributed by atoms with Crippen LogP contribution in [0, 0.1) is 11.3 Å². The highest BCUT2D eigenvalue weighted by atomic mass is 19.4. The molecule has 1 aliphatic heterocycles. The number of hydrogen-bond acceptors (Lipinski definition) is 5. The highest BCUT2D eigenvalue weighted by Crippen LogP contribution is 2.34. The van der Waals surface area contributed by atoms with Crippen LogP contribution in [0.15, 0.2) is 35.5 Å². The molecule has 0 fully saturated rings. The van der Waals surface area contributed by atoms with Crippen molar-refractivity contribution in [2.75, 3.05) is 36.0 Å². The zero-order chi connectivity index (χ0) is 17.9. The van der Waals surface area contributed by atoms with Gasteiger partial charge in [0.1, 0.15) is 18.2 Å². The number of ketones is 1. The maximum Gasteiger partial charge on any atom is 0.405 e. The molecule has 0 aliphatic carbocycles. The first-order valence-electron chi connectivity index (χ1n) is 7.28. The standard InChI is InChI=1S/C16H17F3N4O/c1-11(21)12(8-20)15(24)9-22-6-7-23(10-16(17,18)19)14-5-3-2-4-13(14)22/h2-5H,6-7,9-10,21H2,1H3. The van der Waals surface area contributed by atoms with Crippen LogP contribution in [0.1, 0.15) is 6.92 Å². The average Bonchev–Trinajstić information content (AvgIpc) is 2.49. The molecule has 0 saturated carbocycles. The number of para-hydroxylation sites is 2. The summed E-state index contributed by atoms with van der Waals surface area (Å²) in [6.07, 6.45) is -4.31. The number of allylic oxidation sites excluding steroid dienone is 1. The van der Waals surface area contributed by atoms with E-state index in [1.54, 1.807) is 35.2 Å².